The SMILES string of the molecule is C#CC(=O)N(CC[CH2-])CCN(CC[CH2-])C(=O)C#C.C#CC(=O)N(C[CH2-])CCOCCN(C[CH2-])C(=O)C#C.C#CCN(CC[CH2-])CCN(CC#C)CC[CH2-].C#CCN(C[CH2-])CCOCCN(C[CH2-])CC#C.[W].[W].[W].[W].[W].[W].[W].[W]. The van der Waals surface area contributed by atoms with Crippen LogP contribution in [0, 0.1) is 154 Å². The van der Waals surface area contributed by atoms with Crippen LogP contribution in [0.15, 0.2) is 0 Å². The summed E-state index contributed by atoms with van der Waals surface area (Å²) in [5, 5.41) is 0. The number of hydrogen-bond acceptors (Lipinski definition) is 10. The normalized spacial score (nSPS) is 8.77. The molecular formula is C56H80N8O6W8-8. The van der Waals surface area contributed by atoms with Gasteiger partial charge in [-0.15, -0.1) is 77.6 Å². The summed E-state index contributed by atoms with van der Waals surface area (Å²) in [4.78, 5) is 59.5. The maximum absolute atomic E-state index is 11.4. The van der Waals surface area contributed by atoms with Gasteiger partial charge in [-0.1, -0.05) is 23.7 Å². The minimum absolute atomic E-state index is 0. The summed E-state index contributed by atoms with van der Waals surface area (Å²) in [5.74, 6) is 17.0. The predicted octanol–water partition coefficient (Wildman–Crippen LogP) is 1.78. The Balaban J connectivity index is -0.0000000721. The van der Waals surface area contributed by atoms with Gasteiger partial charge < -0.3 is 94.3 Å². The molecule has 22 heteroatoms. The van der Waals surface area contributed by atoms with Gasteiger partial charge in [0.25, 0.3) is 23.6 Å². The van der Waals surface area contributed by atoms with E-state index in [-0.39, 0.29) is 182 Å². The van der Waals surface area contributed by atoms with Crippen LogP contribution in [0.25, 0.3) is 0 Å². The molecule has 0 N–H and O–H groups in total. The van der Waals surface area contributed by atoms with Crippen LogP contribution in [-0.4, -0.2) is 220 Å². The molecule has 0 saturated carbocycles. The zero-order chi connectivity index (χ0) is 53.8. The van der Waals surface area contributed by atoms with Crippen molar-refractivity contribution in [2.24, 2.45) is 0 Å². The van der Waals surface area contributed by atoms with Crippen LogP contribution in [0.3, 0.4) is 0 Å². The molecule has 0 aromatic heterocycles. The zero-order valence-corrected chi connectivity index (χ0v) is 68.8. The third-order valence-electron chi connectivity index (χ3n) is 9.37. The molecule has 0 fully saturated rings. The van der Waals surface area contributed by atoms with E-state index in [0.29, 0.717) is 118 Å². The molecule has 0 atom stereocenters. The number of ether oxygens (including phenoxy) is 2. The molecule has 0 aliphatic carbocycles. The Kier molecular flexibility index (Phi) is 110. The topological polar surface area (TPSA) is 113 Å². The van der Waals surface area contributed by atoms with Crippen LogP contribution < -0.4 is 0 Å². The van der Waals surface area contributed by atoms with E-state index in [1.165, 1.54) is 19.6 Å². The third-order valence-corrected chi connectivity index (χ3v) is 9.37. The van der Waals surface area contributed by atoms with Crippen LogP contribution in [0.1, 0.15) is 25.7 Å². The van der Waals surface area contributed by atoms with Gasteiger partial charge in [-0.3, -0.25) is 29.0 Å². The smallest absolute Gasteiger partial charge is 0.298 e. The number of nitrogens with zero attached hydrogens (tertiary/aromatic N) is 8. The minimum atomic E-state index is -0.416. The van der Waals surface area contributed by atoms with Gasteiger partial charge in [0, 0.05) is 221 Å². The molecular weight excluding hydrogens is 2350 g/mol. The average molecular weight is 2430 g/mol. The number of terminal acetylenes is 8. The molecule has 0 aliphatic rings. The molecule has 436 valence electrons. The summed E-state index contributed by atoms with van der Waals surface area (Å²) in [7, 11) is 0. The fourth-order valence-electron chi connectivity index (χ4n) is 5.51. The monoisotopic (exact) mass is 2430 g/mol. The van der Waals surface area contributed by atoms with Crippen molar-refractivity contribution < 1.29 is 197 Å². The molecule has 4 amide bonds. The molecule has 0 bridgehead atoms. The predicted molar refractivity (Wildman–Crippen MR) is 286 cm³/mol. The van der Waals surface area contributed by atoms with Crippen molar-refractivity contribution in [2.75, 3.05) is 157 Å². The summed E-state index contributed by atoms with van der Waals surface area (Å²) in [6, 6.07) is 0. The zero-order valence-electron chi connectivity index (χ0n) is 45.4. The maximum atomic E-state index is 11.4. The van der Waals surface area contributed by atoms with Crippen molar-refractivity contribution in [3.05, 3.63) is 55.4 Å². The maximum Gasteiger partial charge on any atom is 0.298 e. The summed E-state index contributed by atoms with van der Waals surface area (Å²) in [5.41, 5.74) is 0. The number of carbonyl (C=O) groups is 4. The van der Waals surface area contributed by atoms with Crippen molar-refractivity contribution in [3.63, 3.8) is 0 Å². The van der Waals surface area contributed by atoms with Crippen molar-refractivity contribution in [1.82, 2.24) is 39.2 Å². The Morgan fingerprint density at radius 1 is 0.295 bits per heavy atom. The van der Waals surface area contributed by atoms with E-state index in [1.54, 1.807) is 0 Å². The van der Waals surface area contributed by atoms with Crippen LogP contribution in [-0.2, 0) is 197 Å². The van der Waals surface area contributed by atoms with Gasteiger partial charge in [0.1, 0.15) is 0 Å². The van der Waals surface area contributed by atoms with E-state index in [1.807, 2.05) is 11.8 Å². The summed E-state index contributed by atoms with van der Waals surface area (Å²) in [6.07, 6.45) is 44.1. The molecule has 0 saturated heterocycles. The Morgan fingerprint density at radius 3 is 0.756 bits per heavy atom. The minimum Gasteiger partial charge on any atom is -0.379 e. The Labute approximate surface area is 590 Å². The quantitative estimate of drug-likeness (QED) is 0.0538. The first kappa shape index (κ1) is 106. The third kappa shape index (κ3) is 63.2. The molecule has 0 unspecified atom stereocenters. The number of hydrogen-bond donors (Lipinski definition) is 0. The summed E-state index contributed by atoms with van der Waals surface area (Å²) >= 11 is 0. The molecule has 0 aliphatic heterocycles. The Bertz CT molecular complexity index is 1640. The van der Waals surface area contributed by atoms with Gasteiger partial charge in [-0.25, -0.2) is 0 Å². The second-order valence-electron chi connectivity index (χ2n) is 14.3. The number of carbonyl (C=O) groups excluding carboxylic acids is 4. The first-order valence-corrected chi connectivity index (χ1v) is 22.9. The van der Waals surface area contributed by atoms with E-state index in [2.05, 4.69) is 111 Å². The van der Waals surface area contributed by atoms with Crippen LogP contribution >= 0.6 is 0 Å². The van der Waals surface area contributed by atoms with Gasteiger partial charge in [0.2, 0.25) is 0 Å². The second-order valence-corrected chi connectivity index (χ2v) is 14.3. The van der Waals surface area contributed by atoms with Crippen molar-refractivity contribution in [2.45, 2.75) is 25.7 Å². The van der Waals surface area contributed by atoms with Gasteiger partial charge in [0.05, 0.1) is 52.6 Å². The molecule has 0 heterocycles. The van der Waals surface area contributed by atoms with Crippen molar-refractivity contribution in [1.29, 1.82) is 0 Å². The standard InChI is InChI=1S/C14H18N2O3.C14H18N2O2.C14H22N2O.C14H22N2.8W/c1-5-13(17)15(7-3)9-11-19-12-10-16(8-4)14(18)6-2;1-5-9-15(13(17)7-3)11-12-16(10-6-2)14(18)8-4;1-5-9-15(7-3)11-13-17-14-12-16(8-4)10-6-2;1-5-9-15(10-6-2)13-14-16(11-7-3)12-8-4;;;;;;;;/h1-2H,3-4,7-12H2;3-4H,1-2,5-6,9-12H2;1-2H,3-4,7-14H2;1,3H,2,4,6,8-14H2;;;;;;;;/q4*-2;;;;;;;;. The molecule has 78 heavy (non-hydrogen) atoms. The fraction of sp³-hybridized carbons (Fsp3) is 0.500. The van der Waals surface area contributed by atoms with Crippen LogP contribution in [0.5, 0.6) is 0 Å². The summed E-state index contributed by atoms with van der Waals surface area (Å²) < 4.78 is 10.8. The first-order chi connectivity index (χ1) is 33.8. The average Bonchev–Trinajstić information content (AvgIpc) is 3.37. The number of amides is 4. The van der Waals surface area contributed by atoms with E-state index in [9.17, 15) is 19.2 Å². The molecule has 0 rings (SSSR count). The van der Waals surface area contributed by atoms with E-state index >= 15 is 0 Å². The van der Waals surface area contributed by atoms with E-state index in [4.69, 9.17) is 60.9 Å². The summed E-state index contributed by atoms with van der Waals surface area (Å²) in [6.45, 7) is 44.1. The second kappa shape index (κ2) is 80.8. The van der Waals surface area contributed by atoms with Gasteiger partial charge in [-0.05, 0) is 49.9 Å². The fourth-order valence-corrected chi connectivity index (χ4v) is 5.51. The van der Waals surface area contributed by atoms with Gasteiger partial charge in [-0.2, -0.15) is 25.7 Å². The van der Waals surface area contributed by atoms with Crippen molar-refractivity contribution in [3.8, 4) is 98.8 Å². The molecule has 0 radical (unpaired) electrons. The van der Waals surface area contributed by atoms with Gasteiger partial charge >= 0.3 is 0 Å². The largest absolute Gasteiger partial charge is 0.379 e. The van der Waals surface area contributed by atoms with Crippen molar-refractivity contribution >= 4 is 23.6 Å². The first-order valence-electron chi connectivity index (χ1n) is 22.9. The van der Waals surface area contributed by atoms with Gasteiger partial charge in [0.15, 0.2) is 0 Å². The van der Waals surface area contributed by atoms with E-state index in [0.717, 1.165) is 52.1 Å². The molecule has 0 spiro atoms. The molecule has 14 nitrogen and oxygen atoms in total. The van der Waals surface area contributed by atoms with Crippen LogP contribution in [0.4, 0.5) is 0 Å². The number of rotatable bonds is 34. The van der Waals surface area contributed by atoms with Crippen LogP contribution in [0.2, 0.25) is 0 Å². The van der Waals surface area contributed by atoms with E-state index < -0.39 is 23.6 Å². The molecule has 0 aromatic rings. The Hall–Kier alpha value is -0.374. The Morgan fingerprint density at radius 2 is 0.538 bits per heavy atom. The molecule has 0 aromatic carbocycles.